The first-order chi connectivity index (χ1) is 5.95. The van der Waals surface area contributed by atoms with Crippen LogP contribution in [0.1, 0.15) is 5.56 Å². The lowest BCUT2D eigenvalue weighted by Crippen LogP contribution is -1.95. The van der Waals surface area contributed by atoms with Gasteiger partial charge in [0.05, 0.1) is 11.5 Å². The summed E-state index contributed by atoms with van der Waals surface area (Å²) >= 11 is 0. The molecule has 6 heteroatoms. The zero-order valence-electron chi connectivity index (χ0n) is 6.37. The minimum atomic E-state index is -3.86. The van der Waals surface area contributed by atoms with Gasteiger partial charge in [0.15, 0.2) is 0 Å². The number of rotatable bonds is 2. The summed E-state index contributed by atoms with van der Waals surface area (Å²) in [4.78, 5) is -0.223. The highest BCUT2D eigenvalue weighted by atomic mass is 35.7. The molecular weight excluding hydrogens is 219 g/mol. The van der Waals surface area contributed by atoms with Crippen LogP contribution in [0.2, 0.25) is 0 Å². The van der Waals surface area contributed by atoms with Crippen LogP contribution >= 0.6 is 10.7 Å². The van der Waals surface area contributed by atoms with E-state index in [9.17, 15) is 12.8 Å². The van der Waals surface area contributed by atoms with E-state index in [1.807, 2.05) is 0 Å². The van der Waals surface area contributed by atoms with Gasteiger partial charge < -0.3 is 5.11 Å². The molecule has 0 aromatic heterocycles. The van der Waals surface area contributed by atoms with Crippen molar-refractivity contribution in [2.24, 2.45) is 0 Å². The van der Waals surface area contributed by atoms with Crippen LogP contribution in [0.4, 0.5) is 4.39 Å². The van der Waals surface area contributed by atoms with Crippen molar-refractivity contribution in [3.8, 4) is 0 Å². The lowest BCUT2D eigenvalue weighted by molar-refractivity contribution is 0.275. The Morgan fingerprint density at radius 1 is 1.46 bits per heavy atom. The third-order valence-electron chi connectivity index (χ3n) is 1.47. The second-order valence-corrected chi connectivity index (χ2v) is 4.92. The van der Waals surface area contributed by atoms with Gasteiger partial charge in [-0.05, 0) is 18.2 Å². The van der Waals surface area contributed by atoms with Crippen LogP contribution in [0.3, 0.4) is 0 Å². The number of hydrogen-bond donors (Lipinski definition) is 1. The van der Waals surface area contributed by atoms with E-state index in [0.717, 1.165) is 18.2 Å². The molecule has 0 saturated carbocycles. The summed E-state index contributed by atoms with van der Waals surface area (Å²) in [6.07, 6.45) is 0. The van der Waals surface area contributed by atoms with Crippen LogP contribution in [0.15, 0.2) is 23.1 Å². The Balaban J connectivity index is 3.30. The highest BCUT2D eigenvalue weighted by Crippen LogP contribution is 2.18. The van der Waals surface area contributed by atoms with Crippen molar-refractivity contribution in [3.63, 3.8) is 0 Å². The third kappa shape index (κ3) is 2.40. The minimum absolute atomic E-state index is 0.0956. The zero-order valence-corrected chi connectivity index (χ0v) is 7.94. The first kappa shape index (κ1) is 10.4. The second kappa shape index (κ2) is 3.61. The molecule has 0 fully saturated rings. The topological polar surface area (TPSA) is 54.4 Å². The van der Waals surface area contributed by atoms with Crippen molar-refractivity contribution in [1.82, 2.24) is 0 Å². The molecule has 0 amide bonds. The van der Waals surface area contributed by atoms with Crippen LogP contribution in [-0.2, 0) is 15.7 Å². The molecule has 1 rings (SSSR count). The Hall–Kier alpha value is -0.650. The van der Waals surface area contributed by atoms with Gasteiger partial charge in [-0.15, -0.1) is 0 Å². The maximum absolute atomic E-state index is 12.8. The standard InChI is InChI=1S/C7H6ClFO3S/c8-13(11,12)6-1-2-7(9)5(3-6)4-10/h1-3,10H,4H2. The van der Waals surface area contributed by atoms with Crippen LogP contribution in [0, 0.1) is 5.82 Å². The van der Waals surface area contributed by atoms with Gasteiger partial charge in [0, 0.05) is 16.2 Å². The first-order valence-electron chi connectivity index (χ1n) is 3.29. The van der Waals surface area contributed by atoms with Crippen molar-refractivity contribution in [2.75, 3.05) is 0 Å². The molecule has 13 heavy (non-hydrogen) atoms. The molecule has 0 aliphatic rings. The van der Waals surface area contributed by atoms with Gasteiger partial charge >= 0.3 is 0 Å². The Morgan fingerprint density at radius 3 is 2.54 bits per heavy atom. The van der Waals surface area contributed by atoms with E-state index in [1.54, 1.807) is 0 Å². The molecule has 0 atom stereocenters. The minimum Gasteiger partial charge on any atom is -0.392 e. The normalized spacial score (nSPS) is 11.6. The molecular formula is C7H6ClFO3S. The Bertz CT molecular complexity index is 416. The van der Waals surface area contributed by atoms with E-state index in [4.69, 9.17) is 15.8 Å². The highest BCUT2D eigenvalue weighted by Gasteiger charge is 2.12. The van der Waals surface area contributed by atoms with E-state index in [-0.39, 0.29) is 10.5 Å². The van der Waals surface area contributed by atoms with Crippen LogP contribution in [-0.4, -0.2) is 13.5 Å². The number of benzene rings is 1. The van der Waals surface area contributed by atoms with Gasteiger partial charge in [-0.3, -0.25) is 0 Å². The van der Waals surface area contributed by atoms with Crippen molar-refractivity contribution in [1.29, 1.82) is 0 Å². The van der Waals surface area contributed by atoms with Crippen molar-refractivity contribution in [2.45, 2.75) is 11.5 Å². The first-order valence-corrected chi connectivity index (χ1v) is 5.60. The number of aliphatic hydroxyl groups excluding tert-OH is 1. The van der Waals surface area contributed by atoms with Crippen molar-refractivity contribution < 1.29 is 17.9 Å². The molecule has 0 unspecified atom stereocenters. The lowest BCUT2D eigenvalue weighted by Gasteiger charge is -2.00. The summed E-state index contributed by atoms with van der Waals surface area (Å²) in [6, 6.07) is 2.98. The summed E-state index contributed by atoms with van der Waals surface area (Å²) < 4.78 is 34.3. The van der Waals surface area contributed by atoms with Crippen molar-refractivity contribution >= 4 is 19.7 Å². The quantitative estimate of drug-likeness (QED) is 0.770. The molecule has 0 bridgehead atoms. The second-order valence-electron chi connectivity index (χ2n) is 2.35. The molecule has 0 heterocycles. The molecule has 1 aromatic carbocycles. The van der Waals surface area contributed by atoms with Gasteiger partial charge in [0.2, 0.25) is 0 Å². The fourth-order valence-electron chi connectivity index (χ4n) is 0.824. The van der Waals surface area contributed by atoms with E-state index < -0.39 is 21.5 Å². The monoisotopic (exact) mass is 224 g/mol. The summed E-state index contributed by atoms with van der Waals surface area (Å²) in [7, 11) is 1.15. The average Bonchev–Trinajstić information content (AvgIpc) is 2.03. The Kier molecular flexibility index (Phi) is 2.90. The molecule has 0 aliphatic heterocycles. The number of aliphatic hydroxyl groups is 1. The van der Waals surface area contributed by atoms with Gasteiger partial charge in [-0.2, -0.15) is 0 Å². The van der Waals surface area contributed by atoms with Crippen LogP contribution in [0.25, 0.3) is 0 Å². The molecule has 0 aliphatic carbocycles. The van der Waals surface area contributed by atoms with E-state index in [1.165, 1.54) is 0 Å². The highest BCUT2D eigenvalue weighted by molar-refractivity contribution is 8.13. The van der Waals surface area contributed by atoms with Crippen LogP contribution < -0.4 is 0 Å². The maximum Gasteiger partial charge on any atom is 0.261 e. The predicted molar refractivity (Wildman–Crippen MR) is 45.4 cm³/mol. The maximum atomic E-state index is 12.8. The largest absolute Gasteiger partial charge is 0.392 e. The third-order valence-corrected chi connectivity index (χ3v) is 2.82. The fraction of sp³-hybridized carbons (Fsp3) is 0.143. The molecule has 1 aromatic rings. The van der Waals surface area contributed by atoms with Gasteiger partial charge in [0.25, 0.3) is 9.05 Å². The van der Waals surface area contributed by atoms with Gasteiger partial charge in [-0.25, -0.2) is 12.8 Å². The molecule has 1 N–H and O–H groups in total. The lowest BCUT2D eigenvalue weighted by atomic mass is 10.2. The van der Waals surface area contributed by atoms with E-state index >= 15 is 0 Å². The molecule has 72 valence electrons. The molecule has 0 radical (unpaired) electrons. The number of halogens is 2. The van der Waals surface area contributed by atoms with Gasteiger partial charge in [-0.1, -0.05) is 0 Å². The zero-order chi connectivity index (χ0) is 10.1. The van der Waals surface area contributed by atoms with Crippen LogP contribution in [0.5, 0.6) is 0 Å². The van der Waals surface area contributed by atoms with Gasteiger partial charge in [0.1, 0.15) is 5.82 Å². The SMILES string of the molecule is O=S(=O)(Cl)c1ccc(F)c(CO)c1. The summed E-state index contributed by atoms with van der Waals surface area (Å²) in [5.74, 6) is -0.661. The predicted octanol–water partition coefficient (Wildman–Crippen LogP) is 1.25. The summed E-state index contributed by atoms with van der Waals surface area (Å²) in [5.41, 5.74) is -0.0956. The molecule has 0 spiro atoms. The Labute approximate surface area is 79.2 Å². The summed E-state index contributed by atoms with van der Waals surface area (Å²) in [6.45, 7) is -0.563. The number of hydrogen-bond acceptors (Lipinski definition) is 3. The van der Waals surface area contributed by atoms with E-state index in [2.05, 4.69) is 0 Å². The summed E-state index contributed by atoms with van der Waals surface area (Å²) in [5, 5.41) is 8.63. The molecule has 3 nitrogen and oxygen atoms in total. The van der Waals surface area contributed by atoms with E-state index in [0.29, 0.717) is 0 Å². The molecule has 0 saturated heterocycles. The fourth-order valence-corrected chi connectivity index (χ4v) is 1.63. The smallest absolute Gasteiger partial charge is 0.261 e. The average molecular weight is 225 g/mol. The van der Waals surface area contributed by atoms with Crippen molar-refractivity contribution in [3.05, 3.63) is 29.6 Å². The Morgan fingerprint density at radius 2 is 2.08 bits per heavy atom.